The zero-order chi connectivity index (χ0) is 11.9. The molecule has 0 saturated carbocycles. The molecule has 0 amide bonds. The normalized spacial score (nSPS) is 15.9. The van der Waals surface area contributed by atoms with Crippen molar-refractivity contribution in [2.45, 2.75) is 13.0 Å². The minimum Gasteiger partial charge on any atom is -0.389 e. The van der Waals surface area contributed by atoms with E-state index in [4.69, 9.17) is 18.0 Å². The summed E-state index contributed by atoms with van der Waals surface area (Å²) in [6.45, 7) is 1.83. The van der Waals surface area contributed by atoms with Gasteiger partial charge in [0.05, 0.1) is 5.56 Å². The van der Waals surface area contributed by atoms with Gasteiger partial charge >= 0.3 is 0 Å². The first-order valence-corrected chi connectivity index (χ1v) is 5.61. The third kappa shape index (κ3) is 1.76. The first-order valence-electron chi connectivity index (χ1n) is 5.21. The number of nitrogens with two attached hydrogens (primary N) is 1. The molecule has 0 aliphatic carbocycles. The zero-order valence-corrected chi connectivity index (χ0v) is 10.3. The van der Waals surface area contributed by atoms with Crippen LogP contribution in [0, 0.1) is 0 Å². The predicted molar refractivity (Wildman–Crippen MR) is 67.6 cm³/mol. The van der Waals surface area contributed by atoms with Crippen molar-refractivity contribution < 1.29 is 0 Å². The Morgan fingerprint density at radius 3 is 2.81 bits per heavy atom. The second-order valence-corrected chi connectivity index (χ2v) is 4.69. The van der Waals surface area contributed by atoms with Crippen LogP contribution in [0.25, 0.3) is 0 Å². The van der Waals surface area contributed by atoms with E-state index >= 15 is 0 Å². The van der Waals surface area contributed by atoms with Crippen LogP contribution in [0.15, 0.2) is 10.9 Å². The van der Waals surface area contributed by atoms with Crippen LogP contribution in [0.2, 0.25) is 0 Å². The minimum absolute atomic E-state index is 0.0872. The molecule has 1 aliphatic rings. The Morgan fingerprint density at radius 2 is 2.19 bits per heavy atom. The summed E-state index contributed by atoms with van der Waals surface area (Å²) in [7, 11) is 3.85. The fourth-order valence-corrected chi connectivity index (χ4v) is 2.29. The number of thiocarbonyl (C=S) groups is 1. The van der Waals surface area contributed by atoms with Crippen molar-refractivity contribution in [3.8, 4) is 0 Å². The lowest BCUT2D eigenvalue weighted by atomic mass is 10.0. The van der Waals surface area contributed by atoms with E-state index < -0.39 is 0 Å². The maximum Gasteiger partial charge on any atom is 0.260 e. The highest BCUT2D eigenvalue weighted by atomic mass is 32.1. The smallest absolute Gasteiger partial charge is 0.260 e. The molecular formula is C11H15N3OS. The highest BCUT2D eigenvalue weighted by molar-refractivity contribution is 7.80. The largest absolute Gasteiger partial charge is 0.389 e. The average molecular weight is 237 g/mol. The molecule has 2 N–H and O–H groups in total. The number of nitrogens with zero attached hydrogens (tertiary/aromatic N) is 2. The lowest BCUT2D eigenvalue weighted by molar-refractivity contribution is 0.306. The van der Waals surface area contributed by atoms with Gasteiger partial charge in [-0.1, -0.05) is 12.2 Å². The summed E-state index contributed by atoms with van der Waals surface area (Å²) in [5.41, 5.74) is 8.17. The monoisotopic (exact) mass is 237 g/mol. The topological polar surface area (TPSA) is 51.3 Å². The number of pyridine rings is 1. The Hall–Kier alpha value is -1.20. The van der Waals surface area contributed by atoms with Crippen LogP contribution < -0.4 is 11.3 Å². The summed E-state index contributed by atoms with van der Waals surface area (Å²) >= 11 is 4.89. The SMILES string of the molecule is CN1CCc2c(cc(C(N)=S)c(=O)n2C)C1. The third-order valence-electron chi connectivity index (χ3n) is 3.07. The van der Waals surface area contributed by atoms with Gasteiger partial charge in [0.2, 0.25) is 0 Å². The summed E-state index contributed by atoms with van der Waals surface area (Å²) in [4.78, 5) is 14.3. The zero-order valence-electron chi connectivity index (χ0n) is 9.49. The van der Waals surface area contributed by atoms with Crippen molar-refractivity contribution in [2.75, 3.05) is 13.6 Å². The first kappa shape index (κ1) is 11.3. The van der Waals surface area contributed by atoms with Crippen LogP contribution in [-0.4, -0.2) is 28.0 Å². The molecule has 2 heterocycles. The standard InChI is InChI=1S/C11H15N3OS/c1-13-4-3-9-7(6-13)5-8(10(12)16)11(15)14(9)2/h5H,3-4,6H2,1-2H3,(H2,12,16). The van der Waals surface area contributed by atoms with Gasteiger partial charge < -0.3 is 15.2 Å². The van der Waals surface area contributed by atoms with Crippen LogP contribution in [0.5, 0.6) is 0 Å². The van der Waals surface area contributed by atoms with Crippen LogP contribution in [0.4, 0.5) is 0 Å². The van der Waals surface area contributed by atoms with Crippen LogP contribution in [0.1, 0.15) is 16.8 Å². The molecule has 1 aliphatic heterocycles. The molecule has 0 saturated heterocycles. The van der Waals surface area contributed by atoms with Crippen molar-refractivity contribution in [1.82, 2.24) is 9.47 Å². The van der Waals surface area contributed by atoms with Crippen LogP contribution >= 0.6 is 12.2 Å². The van der Waals surface area contributed by atoms with Crippen molar-refractivity contribution in [2.24, 2.45) is 12.8 Å². The van der Waals surface area contributed by atoms with Crippen molar-refractivity contribution in [1.29, 1.82) is 0 Å². The maximum atomic E-state index is 11.9. The van der Waals surface area contributed by atoms with Gasteiger partial charge in [0.25, 0.3) is 5.56 Å². The Balaban J connectivity index is 2.64. The van der Waals surface area contributed by atoms with Crippen molar-refractivity contribution >= 4 is 17.2 Å². The minimum atomic E-state index is -0.0872. The fraction of sp³-hybridized carbons (Fsp3) is 0.455. The quantitative estimate of drug-likeness (QED) is 0.699. The van der Waals surface area contributed by atoms with Crippen LogP contribution in [-0.2, 0) is 20.0 Å². The highest BCUT2D eigenvalue weighted by Crippen LogP contribution is 2.16. The molecule has 16 heavy (non-hydrogen) atoms. The van der Waals surface area contributed by atoms with Crippen LogP contribution in [0.3, 0.4) is 0 Å². The molecule has 0 atom stereocenters. The van der Waals surface area contributed by atoms with E-state index in [0.29, 0.717) is 5.56 Å². The molecule has 0 bridgehead atoms. The summed E-state index contributed by atoms with van der Waals surface area (Å²) in [5.74, 6) is 0. The molecule has 1 aromatic rings. The number of rotatable bonds is 1. The number of likely N-dealkylation sites (N-methyl/N-ethyl adjacent to an activating group) is 1. The molecule has 0 aromatic carbocycles. The van der Waals surface area contributed by atoms with Gasteiger partial charge in [0.1, 0.15) is 4.99 Å². The lowest BCUT2D eigenvalue weighted by Gasteiger charge is -2.27. The predicted octanol–water partition coefficient (Wildman–Crippen LogP) is 0.00740. The molecule has 1 aromatic heterocycles. The molecular weight excluding hydrogens is 222 g/mol. The molecule has 0 radical (unpaired) electrons. The van der Waals surface area contributed by atoms with E-state index in [2.05, 4.69) is 11.9 Å². The maximum absolute atomic E-state index is 11.9. The molecule has 4 nitrogen and oxygen atoms in total. The van der Waals surface area contributed by atoms with E-state index in [9.17, 15) is 4.79 Å². The lowest BCUT2D eigenvalue weighted by Crippen LogP contribution is -2.36. The molecule has 0 fully saturated rings. The summed E-state index contributed by atoms with van der Waals surface area (Å²) in [5, 5.41) is 0. The van der Waals surface area contributed by atoms with E-state index in [-0.39, 0.29) is 10.5 Å². The molecule has 0 spiro atoms. The summed E-state index contributed by atoms with van der Waals surface area (Å²) < 4.78 is 1.68. The van der Waals surface area contributed by atoms with Crippen molar-refractivity contribution in [3.63, 3.8) is 0 Å². The number of hydrogen-bond acceptors (Lipinski definition) is 3. The van der Waals surface area contributed by atoms with Gasteiger partial charge in [-0.15, -0.1) is 0 Å². The van der Waals surface area contributed by atoms with Gasteiger partial charge in [-0.2, -0.15) is 0 Å². The fourth-order valence-electron chi connectivity index (χ4n) is 2.15. The van der Waals surface area contributed by atoms with Gasteiger partial charge in [-0.3, -0.25) is 4.79 Å². The second kappa shape index (κ2) is 3.99. The summed E-state index contributed by atoms with van der Waals surface area (Å²) in [6.07, 6.45) is 0.898. The number of aromatic nitrogens is 1. The van der Waals surface area contributed by atoms with E-state index in [1.807, 2.05) is 6.07 Å². The third-order valence-corrected chi connectivity index (χ3v) is 3.29. The van der Waals surface area contributed by atoms with Gasteiger partial charge in [0, 0.05) is 32.3 Å². The van der Waals surface area contributed by atoms with E-state index in [0.717, 1.165) is 30.8 Å². The number of hydrogen-bond donors (Lipinski definition) is 1. The Bertz CT molecular complexity index is 507. The molecule has 2 rings (SSSR count). The highest BCUT2D eigenvalue weighted by Gasteiger charge is 2.18. The van der Waals surface area contributed by atoms with Gasteiger partial charge in [0.15, 0.2) is 0 Å². The van der Waals surface area contributed by atoms with Gasteiger partial charge in [-0.25, -0.2) is 0 Å². The Kier molecular flexibility index (Phi) is 2.82. The average Bonchev–Trinajstić information content (AvgIpc) is 2.22. The van der Waals surface area contributed by atoms with E-state index in [1.165, 1.54) is 0 Å². The molecule has 0 unspecified atom stereocenters. The Morgan fingerprint density at radius 1 is 1.50 bits per heavy atom. The summed E-state index contributed by atoms with van der Waals surface area (Å²) in [6, 6.07) is 1.84. The first-order chi connectivity index (χ1) is 7.50. The second-order valence-electron chi connectivity index (χ2n) is 4.25. The number of fused-ring (bicyclic) bond motifs is 1. The molecule has 86 valence electrons. The van der Waals surface area contributed by atoms with Gasteiger partial charge in [-0.05, 0) is 18.7 Å². The van der Waals surface area contributed by atoms with E-state index in [1.54, 1.807) is 11.6 Å². The Labute approximate surface area is 99.7 Å². The van der Waals surface area contributed by atoms with Crippen molar-refractivity contribution in [3.05, 3.63) is 33.2 Å². The molecule has 5 heteroatoms.